The maximum Gasteiger partial charge on any atom is 0.230 e. The molecule has 6 nitrogen and oxygen atoms in total. The molecule has 2 aliphatic heterocycles. The summed E-state index contributed by atoms with van der Waals surface area (Å²) in [4.78, 5) is 48.6. The first-order valence-electron chi connectivity index (χ1n) is 6.48. The van der Waals surface area contributed by atoms with E-state index in [0.29, 0.717) is 12.3 Å². The minimum Gasteiger partial charge on any atom is -0.355 e. The number of amides is 3. The van der Waals surface area contributed by atoms with Crippen molar-refractivity contribution >= 4 is 45.1 Å². The van der Waals surface area contributed by atoms with E-state index in [2.05, 4.69) is 5.32 Å². The number of carbonyl (C=O) groups excluding carboxylic acids is 4. The molecule has 2 aliphatic rings. The number of piperidine rings is 1. The van der Waals surface area contributed by atoms with Gasteiger partial charge in [0.2, 0.25) is 17.7 Å². The van der Waals surface area contributed by atoms with Crippen molar-refractivity contribution < 1.29 is 19.2 Å². The highest BCUT2D eigenvalue weighted by Gasteiger charge is 2.38. The third-order valence-electron chi connectivity index (χ3n) is 3.19. The standard InChI is InChI=1S/C12H16N2O4S2/c15-9-1-3-11(17)14-8(9)7-20-19-6-5-13-10(16)2-4-12(14)18/h8H,1-7H2,(H,13,16). The van der Waals surface area contributed by atoms with E-state index in [1.807, 2.05) is 0 Å². The predicted octanol–water partition coefficient (Wildman–Crippen LogP) is 0.364. The zero-order valence-corrected chi connectivity index (χ0v) is 12.6. The Labute approximate surface area is 124 Å². The average Bonchev–Trinajstić information content (AvgIpc) is 2.42. The molecule has 20 heavy (non-hydrogen) atoms. The lowest BCUT2D eigenvalue weighted by Crippen LogP contribution is -2.53. The molecule has 1 atom stereocenters. The maximum atomic E-state index is 12.1. The summed E-state index contributed by atoms with van der Waals surface area (Å²) in [6.45, 7) is 0.548. The zero-order chi connectivity index (χ0) is 14.5. The molecule has 0 bridgehead atoms. The minimum absolute atomic E-state index is 0.0286. The molecule has 2 heterocycles. The van der Waals surface area contributed by atoms with Crippen LogP contribution in [0.15, 0.2) is 0 Å². The summed E-state index contributed by atoms with van der Waals surface area (Å²) >= 11 is 0. The summed E-state index contributed by atoms with van der Waals surface area (Å²) in [6, 6.07) is -0.663. The van der Waals surface area contributed by atoms with Gasteiger partial charge < -0.3 is 5.32 Å². The van der Waals surface area contributed by atoms with Crippen molar-refractivity contribution in [2.45, 2.75) is 31.7 Å². The number of Topliss-reactive ketones (excluding diaryl/α,β-unsaturated/α-hetero) is 1. The van der Waals surface area contributed by atoms with Gasteiger partial charge in [0, 0.05) is 43.7 Å². The summed E-state index contributed by atoms with van der Waals surface area (Å²) < 4.78 is 0. The molecule has 110 valence electrons. The number of nitrogens with zero attached hydrogens (tertiary/aromatic N) is 1. The molecular weight excluding hydrogens is 300 g/mol. The fraction of sp³-hybridized carbons (Fsp3) is 0.667. The van der Waals surface area contributed by atoms with Gasteiger partial charge in [-0.25, -0.2) is 0 Å². The maximum absolute atomic E-state index is 12.1. The largest absolute Gasteiger partial charge is 0.355 e. The number of ketones is 1. The van der Waals surface area contributed by atoms with Crippen molar-refractivity contribution in [1.82, 2.24) is 10.2 Å². The molecule has 0 aliphatic carbocycles. The second-order valence-corrected chi connectivity index (χ2v) is 7.22. The van der Waals surface area contributed by atoms with Crippen LogP contribution in [0.4, 0.5) is 0 Å². The van der Waals surface area contributed by atoms with Crippen LogP contribution >= 0.6 is 21.6 Å². The van der Waals surface area contributed by atoms with Gasteiger partial charge in [-0.2, -0.15) is 0 Å². The molecule has 0 aromatic carbocycles. The number of hydrogen-bond acceptors (Lipinski definition) is 6. The highest BCUT2D eigenvalue weighted by Crippen LogP contribution is 2.27. The topological polar surface area (TPSA) is 83.6 Å². The second-order valence-electron chi connectivity index (χ2n) is 4.60. The molecule has 0 spiro atoms. The van der Waals surface area contributed by atoms with E-state index in [4.69, 9.17) is 0 Å². The summed E-state index contributed by atoms with van der Waals surface area (Å²) in [6.07, 6.45) is 0.324. The fourth-order valence-electron chi connectivity index (χ4n) is 2.15. The van der Waals surface area contributed by atoms with Crippen LogP contribution in [0.5, 0.6) is 0 Å². The normalized spacial score (nSPS) is 26.4. The number of nitrogens with one attached hydrogen (secondary N) is 1. The van der Waals surface area contributed by atoms with Crippen molar-refractivity contribution in [2.24, 2.45) is 0 Å². The van der Waals surface area contributed by atoms with Crippen LogP contribution in [0.1, 0.15) is 25.7 Å². The predicted molar refractivity (Wildman–Crippen MR) is 77.0 cm³/mol. The fourth-order valence-corrected chi connectivity index (χ4v) is 4.29. The zero-order valence-electron chi connectivity index (χ0n) is 10.9. The molecule has 0 radical (unpaired) electrons. The van der Waals surface area contributed by atoms with Crippen LogP contribution in [0.2, 0.25) is 0 Å². The Morgan fingerprint density at radius 1 is 0.950 bits per heavy atom. The van der Waals surface area contributed by atoms with Crippen LogP contribution < -0.4 is 5.32 Å². The van der Waals surface area contributed by atoms with E-state index in [1.54, 1.807) is 0 Å². The van der Waals surface area contributed by atoms with Gasteiger partial charge in [-0.15, -0.1) is 0 Å². The number of carbonyl (C=O) groups is 4. The molecule has 8 heteroatoms. The van der Waals surface area contributed by atoms with Gasteiger partial charge in [0.1, 0.15) is 6.04 Å². The molecule has 2 rings (SSSR count). The van der Waals surface area contributed by atoms with Crippen molar-refractivity contribution in [3.05, 3.63) is 0 Å². The van der Waals surface area contributed by atoms with E-state index in [-0.39, 0.29) is 43.3 Å². The molecule has 0 saturated carbocycles. The Bertz CT molecular complexity index is 441. The van der Waals surface area contributed by atoms with E-state index >= 15 is 0 Å². The van der Waals surface area contributed by atoms with Gasteiger partial charge in [0.25, 0.3) is 0 Å². The van der Waals surface area contributed by atoms with E-state index in [0.717, 1.165) is 10.7 Å². The SMILES string of the molecule is O=C1CCC(=O)N2C(=O)CCC(=O)C2CSSCCN1. The highest BCUT2D eigenvalue weighted by atomic mass is 33.1. The lowest BCUT2D eigenvalue weighted by Gasteiger charge is -2.32. The van der Waals surface area contributed by atoms with Crippen molar-refractivity contribution in [1.29, 1.82) is 0 Å². The Morgan fingerprint density at radius 3 is 2.40 bits per heavy atom. The molecule has 1 unspecified atom stereocenters. The first kappa shape index (κ1) is 15.4. The van der Waals surface area contributed by atoms with Crippen LogP contribution in [0.25, 0.3) is 0 Å². The Balaban J connectivity index is 2.13. The molecule has 1 N–H and O–H groups in total. The Kier molecular flexibility index (Phi) is 5.47. The van der Waals surface area contributed by atoms with Crippen LogP contribution in [-0.2, 0) is 19.2 Å². The third-order valence-corrected chi connectivity index (χ3v) is 5.59. The summed E-state index contributed by atoms with van der Waals surface area (Å²) in [5.41, 5.74) is 0. The number of hydrogen-bond donors (Lipinski definition) is 1. The van der Waals surface area contributed by atoms with Crippen molar-refractivity contribution in [2.75, 3.05) is 18.1 Å². The first-order valence-corrected chi connectivity index (χ1v) is 8.97. The first-order chi connectivity index (χ1) is 9.59. The smallest absolute Gasteiger partial charge is 0.230 e. The average molecular weight is 316 g/mol. The Hall–Kier alpha value is -1.02. The van der Waals surface area contributed by atoms with E-state index < -0.39 is 11.9 Å². The van der Waals surface area contributed by atoms with Gasteiger partial charge >= 0.3 is 0 Å². The quantitative estimate of drug-likeness (QED) is 0.513. The molecule has 0 aromatic rings. The lowest BCUT2D eigenvalue weighted by atomic mass is 10.0. The summed E-state index contributed by atoms with van der Waals surface area (Å²) in [5, 5.41) is 2.72. The monoisotopic (exact) mass is 316 g/mol. The van der Waals surface area contributed by atoms with Gasteiger partial charge in [-0.1, -0.05) is 21.6 Å². The third kappa shape index (κ3) is 3.76. The van der Waals surface area contributed by atoms with Crippen LogP contribution in [0.3, 0.4) is 0 Å². The molecular formula is C12H16N2O4S2. The molecule has 2 fully saturated rings. The minimum atomic E-state index is -0.663. The molecule has 2 saturated heterocycles. The van der Waals surface area contributed by atoms with Gasteiger partial charge in [-0.05, 0) is 0 Å². The Morgan fingerprint density at radius 2 is 1.65 bits per heavy atom. The number of fused-ring (bicyclic) bond motifs is 1. The van der Waals surface area contributed by atoms with E-state index in [1.165, 1.54) is 21.6 Å². The highest BCUT2D eigenvalue weighted by molar-refractivity contribution is 8.76. The lowest BCUT2D eigenvalue weighted by molar-refractivity contribution is -0.154. The second kappa shape index (κ2) is 7.12. The van der Waals surface area contributed by atoms with E-state index in [9.17, 15) is 19.2 Å². The molecule has 0 aromatic heterocycles. The number of rotatable bonds is 0. The molecule has 3 amide bonds. The van der Waals surface area contributed by atoms with Gasteiger partial charge in [0.05, 0.1) is 0 Å². The van der Waals surface area contributed by atoms with Gasteiger partial charge in [-0.3, -0.25) is 24.1 Å². The van der Waals surface area contributed by atoms with Crippen molar-refractivity contribution in [3.8, 4) is 0 Å². The van der Waals surface area contributed by atoms with Crippen LogP contribution in [0, 0.1) is 0 Å². The number of imide groups is 1. The van der Waals surface area contributed by atoms with Crippen LogP contribution in [-0.4, -0.2) is 52.5 Å². The summed E-state index contributed by atoms with van der Waals surface area (Å²) in [7, 11) is 2.99. The summed E-state index contributed by atoms with van der Waals surface area (Å²) in [5.74, 6) is 0.176. The van der Waals surface area contributed by atoms with Gasteiger partial charge in [0.15, 0.2) is 5.78 Å². The van der Waals surface area contributed by atoms with Crippen molar-refractivity contribution in [3.63, 3.8) is 0 Å².